The molecule has 10 heteroatoms. The minimum absolute atomic E-state index is 0.156. The van der Waals surface area contributed by atoms with E-state index in [0.29, 0.717) is 45.6 Å². The van der Waals surface area contributed by atoms with Crippen molar-refractivity contribution in [2.24, 2.45) is 0 Å². The van der Waals surface area contributed by atoms with Gasteiger partial charge in [0.15, 0.2) is 0 Å². The minimum atomic E-state index is 0.156. The summed E-state index contributed by atoms with van der Waals surface area (Å²) in [6, 6.07) is 15.9. The van der Waals surface area contributed by atoms with Crippen molar-refractivity contribution in [1.29, 1.82) is 0 Å². The number of carbonyl (C=O) groups is 1. The Morgan fingerprint density at radius 2 is 1.81 bits per heavy atom. The molecule has 1 aliphatic rings. The first-order valence-corrected chi connectivity index (χ1v) is 13.2. The normalized spacial score (nSPS) is 13.5. The van der Waals surface area contributed by atoms with Gasteiger partial charge in [0.1, 0.15) is 17.3 Å². The summed E-state index contributed by atoms with van der Waals surface area (Å²) in [5.41, 5.74) is 2.17. The summed E-state index contributed by atoms with van der Waals surface area (Å²) in [7, 11) is 5.03. The molecule has 0 radical (unpaired) electrons. The summed E-state index contributed by atoms with van der Waals surface area (Å²) in [6.45, 7) is 4.72. The standard InChI is InChI=1S/C27H35N5O4S/c1-34-18-17-32(27-28-25(29-37-27)20-21-7-6-8-22(19-21)35-2)12-11-26(33)31-15-13-30(14-16-31)23-9-4-5-10-24(23)36-3/h4-10,19H,11-18,20H2,1-3H3. The molecule has 0 aliphatic carbocycles. The first kappa shape index (κ1) is 26.7. The highest BCUT2D eigenvalue weighted by atomic mass is 32.1. The molecule has 1 aromatic heterocycles. The lowest BCUT2D eigenvalue weighted by atomic mass is 10.1. The van der Waals surface area contributed by atoms with Gasteiger partial charge in [-0.1, -0.05) is 24.3 Å². The number of ether oxygens (including phenoxy) is 3. The first-order chi connectivity index (χ1) is 18.1. The van der Waals surface area contributed by atoms with Crippen LogP contribution < -0.4 is 19.3 Å². The second-order valence-corrected chi connectivity index (χ2v) is 9.52. The average molecular weight is 526 g/mol. The summed E-state index contributed by atoms with van der Waals surface area (Å²) in [5, 5.41) is 0.809. The van der Waals surface area contributed by atoms with Crippen LogP contribution in [0.3, 0.4) is 0 Å². The molecule has 0 spiro atoms. The van der Waals surface area contributed by atoms with E-state index in [0.717, 1.165) is 46.8 Å². The number of para-hydroxylation sites is 2. The van der Waals surface area contributed by atoms with E-state index in [4.69, 9.17) is 19.2 Å². The predicted molar refractivity (Wildman–Crippen MR) is 146 cm³/mol. The van der Waals surface area contributed by atoms with E-state index in [1.54, 1.807) is 21.3 Å². The number of hydrogen-bond acceptors (Lipinski definition) is 9. The molecular formula is C27H35N5O4S. The zero-order valence-corrected chi connectivity index (χ0v) is 22.6. The number of carbonyl (C=O) groups excluding carboxylic acids is 1. The molecule has 0 N–H and O–H groups in total. The number of methoxy groups -OCH3 is 3. The SMILES string of the molecule is COCCN(CCC(=O)N1CCN(c2ccccc2OC)CC1)c1nc(Cc2cccc(OC)c2)ns1. The third-order valence-corrected chi connectivity index (χ3v) is 7.26. The molecule has 37 heavy (non-hydrogen) atoms. The maximum absolute atomic E-state index is 13.1. The van der Waals surface area contributed by atoms with E-state index in [2.05, 4.69) is 20.2 Å². The van der Waals surface area contributed by atoms with Crippen molar-refractivity contribution in [3.63, 3.8) is 0 Å². The molecule has 9 nitrogen and oxygen atoms in total. The van der Waals surface area contributed by atoms with Gasteiger partial charge in [-0.3, -0.25) is 4.79 Å². The molecule has 1 amide bonds. The van der Waals surface area contributed by atoms with Crippen LogP contribution in [0, 0.1) is 0 Å². The van der Waals surface area contributed by atoms with Gasteiger partial charge in [0.05, 0.1) is 26.5 Å². The summed E-state index contributed by atoms with van der Waals surface area (Å²) in [5.74, 6) is 2.59. The number of aromatic nitrogens is 2. The van der Waals surface area contributed by atoms with Gasteiger partial charge in [-0.2, -0.15) is 4.37 Å². The molecule has 2 aromatic carbocycles. The van der Waals surface area contributed by atoms with Gasteiger partial charge in [0, 0.05) is 70.8 Å². The van der Waals surface area contributed by atoms with Crippen molar-refractivity contribution >= 4 is 28.3 Å². The third kappa shape index (κ3) is 7.11. The molecule has 1 saturated heterocycles. The van der Waals surface area contributed by atoms with Crippen molar-refractivity contribution in [1.82, 2.24) is 14.3 Å². The molecule has 0 unspecified atom stereocenters. The molecule has 3 aromatic rings. The molecule has 0 atom stereocenters. The Morgan fingerprint density at radius 1 is 1.00 bits per heavy atom. The smallest absolute Gasteiger partial charge is 0.224 e. The number of anilines is 2. The Bertz CT molecular complexity index is 1150. The van der Waals surface area contributed by atoms with Gasteiger partial charge in [-0.25, -0.2) is 4.98 Å². The number of amides is 1. The van der Waals surface area contributed by atoms with Crippen LogP contribution in [0.2, 0.25) is 0 Å². The van der Waals surface area contributed by atoms with Gasteiger partial charge in [-0.05, 0) is 29.8 Å². The Balaban J connectivity index is 1.32. The van der Waals surface area contributed by atoms with E-state index in [1.807, 2.05) is 47.4 Å². The Morgan fingerprint density at radius 3 is 2.57 bits per heavy atom. The zero-order valence-electron chi connectivity index (χ0n) is 21.8. The van der Waals surface area contributed by atoms with Crippen molar-refractivity contribution in [2.45, 2.75) is 12.8 Å². The van der Waals surface area contributed by atoms with Crippen LogP contribution in [-0.2, 0) is 16.0 Å². The lowest BCUT2D eigenvalue weighted by Gasteiger charge is -2.37. The van der Waals surface area contributed by atoms with Crippen LogP contribution in [-0.4, -0.2) is 87.4 Å². The highest BCUT2D eigenvalue weighted by molar-refractivity contribution is 7.09. The van der Waals surface area contributed by atoms with Crippen molar-refractivity contribution in [3.8, 4) is 11.5 Å². The van der Waals surface area contributed by atoms with Crippen LogP contribution in [0.5, 0.6) is 11.5 Å². The van der Waals surface area contributed by atoms with Crippen molar-refractivity contribution < 1.29 is 19.0 Å². The van der Waals surface area contributed by atoms with E-state index in [9.17, 15) is 4.79 Å². The highest BCUT2D eigenvalue weighted by Gasteiger charge is 2.24. The number of piperazine rings is 1. The van der Waals surface area contributed by atoms with Crippen LogP contribution >= 0.6 is 11.5 Å². The van der Waals surface area contributed by atoms with Crippen molar-refractivity contribution in [2.75, 3.05) is 77.0 Å². The summed E-state index contributed by atoms with van der Waals surface area (Å²) >= 11 is 1.36. The second kappa shape index (κ2) is 13.3. The number of nitrogens with zero attached hydrogens (tertiary/aromatic N) is 5. The highest BCUT2D eigenvalue weighted by Crippen LogP contribution is 2.28. The van der Waals surface area contributed by atoms with E-state index >= 15 is 0 Å². The largest absolute Gasteiger partial charge is 0.497 e. The summed E-state index contributed by atoms with van der Waals surface area (Å²) < 4.78 is 20.7. The van der Waals surface area contributed by atoms with E-state index < -0.39 is 0 Å². The Kier molecular flexibility index (Phi) is 9.56. The molecular weight excluding hydrogens is 490 g/mol. The lowest BCUT2D eigenvalue weighted by molar-refractivity contribution is -0.131. The topological polar surface area (TPSA) is 80.3 Å². The fourth-order valence-corrected chi connectivity index (χ4v) is 5.13. The number of benzene rings is 2. The fraction of sp³-hybridized carbons (Fsp3) is 0.444. The molecule has 0 bridgehead atoms. The number of hydrogen-bond donors (Lipinski definition) is 0. The number of rotatable bonds is 12. The van der Waals surface area contributed by atoms with Gasteiger partial charge in [-0.15, -0.1) is 0 Å². The molecule has 0 saturated carbocycles. The zero-order chi connectivity index (χ0) is 26.0. The molecule has 2 heterocycles. The minimum Gasteiger partial charge on any atom is -0.497 e. The molecule has 198 valence electrons. The summed E-state index contributed by atoms with van der Waals surface area (Å²) in [6.07, 6.45) is 1.05. The Hall–Kier alpha value is -3.37. The van der Waals surface area contributed by atoms with Gasteiger partial charge in [0.25, 0.3) is 0 Å². The van der Waals surface area contributed by atoms with Crippen LogP contribution in [0.15, 0.2) is 48.5 Å². The van der Waals surface area contributed by atoms with Crippen LogP contribution in [0.1, 0.15) is 17.8 Å². The van der Waals surface area contributed by atoms with Gasteiger partial charge < -0.3 is 28.9 Å². The van der Waals surface area contributed by atoms with Crippen molar-refractivity contribution in [3.05, 3.63) is 59.9 Å². The monoisotopic (exact) mass is 525 g/mol. The first-order valence-electron chi connectivity index (χ1n) is 12.5. The quantitative estimate of drug-likeness (QED) is 0.356. The van der Waals surface area contributed by atoms with Gasteiger partial charge >= 0.3 is 0 Å². The maximum atomic E-state index is 13.1. The molecule has 4 rings (SSSR count). The molecule has 1 aliphatic heterocycles. The van der Waals surface area contributed by atoms with Crippen LogP contribution in [0.4, 0.5) is 10.8 Å². The van der Waals surface area contributed by atoms with Gasteiger partial charge in [0.2, 0.25) is 11.0 Å². The average Bonchev–Trinajstić information content (AvgIpc) is 3.41. The molecule has 1 fully saturated rings. The third-order valence-electron chi connectivity index (χ3n) is 6.44. The van der Waals surface area contributed by atoms with Crippen LogP contribution in [0.25, 0.3) is 0 Å². The lowest BCUT2D eigenvalue weighted by Crippen LogP contribution is -2.49. The fourth-order valence-electron chi connectivity index (χ4n) is 4.39. The maximum Gasteiger partial charge on any atom is 0.224 e. The predicted octanol–water partition coefficient (Wildman–Crippen LogP) is 3.34. The van der Waals surface area contributed by atoms with E-state index in [-0.39, 0.29) is 5.91 Å². The Labute approximate surface area is 222 Å². The summed E-state index contributed by atoms with van der Waals surface area (Å²) in [4.78, 5) is 24.1. The van der Waals surface area contributed by atoms with E-state index in [1.165, 1.54) is 11.5 Å². The second-order valence-electron chi connectivity index (χ2n) is 8.79.